The third-order valence-electron chi connectivity index (χ3n) is 3.05. The van der Waals surface area contributed by atoms with Crippen molar-refractivity contribution < 1.29 is 4.74 Å². The van der Waals surface area contributed by atoms with E-state index in [1.807, 2.05) is 7.05 Å². The molecule has 0 spiro atoms. The van der Waals surface area contributed by atoms with Crippen molar-refractivity contribution >= 4 is 16.5 Å². The van der Waals surface area contributed by atoms with E-state index in [4.69, 9.17) is 4.74 Å². The zero-order chi connectivity index (χ0) is 12.1. The van der Waals surface area contributed by atoms with Crippen molar-refractivity contribution in [3.63, 3.8) is 0 Å². The van der Waals surface area contributed by atoms with Gasteiger partial charge in [-0.25, -0.2) is 0 Å². The van der Waals surface area contributed by atoms with Crippen LogP contribution in [-0.2, 0) is 11.3 Å². The molecular formula is C11H20N4OS. The van der Waals surface area contributed by atoms with Crippen LogP contribution in [0.1, 0.15) is 17.8 Å². The number of methoxy groups -OCH3 is 1. The normalized spacial score (nSPS) is 21.6. The van der Waals surface area contributed by atoms with Gasteiger partial charge in [-0.1, -0.05) is 11.3 Å². The Morgan fingerprint density at radius 2 is 2.41 bits per heavy atom. The minimum absolute atomic E-state index is 0.672. The summed E-state index contributed by atoms with van der Waals surface area (Å²) >= 11 is 1.63. The second-order valence-electron chi connectivity index (χ2n) is 4.45. The molecule has 1 unspecified atom stereocenters. The molecule has 0 radical (unpaired) electrons. The third kappa shape index (κ3) is 3.62. The number of hydrogen-bond acceptors (Lipinski definition) is 6. The SMILES string of the molecule is CNc1nnc(CN2CCCC(COC)C2)s1. The number of aromatic nitrogens is 2. The minimum Gasteiger partial charge on any atom is -0.384 e. The van der Waals surface area contributed by atoms with Crippen LogP contribution >= 0.6 is 11.3 Å². The second kappa shape index (κ2) is 6.28. The van der Waals surface area contributed by atoms with Gasteiger partial charge in [-0.2, -0.15) is 0 Å². The predicted octanol–water partition coefficient (Wildman–Crippen LogP) is 1.44. The Balaban J connectivity index is 1.85. The lowest BCUT2D eigenvalue weighted by atomic mass is 9.99. The lowest BCUT2D eigenvalue weighted by Crippen LogP contribution is -2.36. The van der Waals surface area contributed by atoms with Crippen LogP contribution in [0, 0.1) is 5.92 Å². The maximum absolute atomic E-state index is 5.24. The zero-order valence-corrected chi connectivity index (χ0v) is 11.3. The van der Waals surface area contributed by atoms with Gasteiger partial charge in [0, 0.05) is 20.7 Å². The van der Waals surface area contributed by atoms with Crippen molar-refractivity contribution in [3.8, 4) is 0 Å². The average Bonchev–Trinajstić information content (AvgIpc) is 2.78. The number of likely N-dealkylation sites (tertiary alicyclic amines) is 1. The summed E-state index contributed by atoms with van der Waals surface area (Å²) < 4.78 is 5.24. The van der Waals surface area contributed by atoms with Crippen molar-refractivity contribution in [1.29, 1.82) is 0 Å². The minimum atomic E-state index is 0.672. The van der Waals surface area contributed by atoms with Crippen molar-refractivity contribution in [2.24, 2.45) is 5.92 Å². The summed E-state index contributed by atoms with van der Waals surface area (Å²) in [6.45, 7) is 4.06. The number of anilines is 1. The summed E-state index contributed by atoms with van der Waals surface area (Å²) in [7, 11) is 3.66. The first-order valence-electron chi connectivity index (χ1n) is 6.03. The van der Waals surface area contributed by atoms with Gasteiger partial charge in [-0.05, 0) is 25.3 Å². The van der Waals surface area contributed by atoms with E-state index in [0.717, 1.165) is 36.4 Å². The molecule has 0 amide bonds. The van der Waals surface area contributed by atoms with Crippen LogP contribution in [0.25, 0.3) is 0 Å². The van der Waals surface area contributed by atoms with E-state index in [-0.39, 0.29) is 0 Å². The molecule has 0 aliphatic carbocycles. The summed E-state index contributed by atoms with van der Waals surface area (Å²) in [6, 6.07) is 0. The second-order valence-corrected chi connectivity index (χ2v) is 5.51. The Hall–Kier alpha value is -0.720. The topological polar surface area (TPSA) is 50.3 Å². The predicted molar refractivity (Wildman–Crippen MR) is 69.3 cm³/mol. The molecule has 1 atom stereocenters. The smallest absolute Gasteiger partial charge is 0.205 e. The molecule has 1 aliphatic heterocycles. The fraction of sp³-hybridized carbons (Fsp3) is 0.818. The molecule has 0 aromatic carbocycles. The highest BCUT2D eigenvalue weighted by molar-refractivity contribution is 7.15. The number of hydrogen-bond donors (Lipinski definition) is 1. The molecule has 1 fully saturated rings. The Kier molecular flexibility index (Phi) is 4.70. The van der Waals surface area contributed by atoms with Gasteiger partial charge in [-0.15, -0.1) is 10.2 Å². The van der Waals surface area contributed by atoms with E-state index in [1.54, 1.807) is 18.4 Å². The summed E-state index contributed by atoms with van der Waals surface area (Å²) in [6.07, 6.45) is 2.54. The zero-order valence-electron chi connectivity index (χ0n) is 10.5. The van der Waals surface area contributed by atoms with Crippen LogP contribution in [0.4, 0.5) is 5.13 Å². The van der Waals surface area contributed by atoms with E-state index in [1.165, 1.54) is 12.8 Å². The van der Waals surface area contributed by atoms with E-state index < -0.39 is 0 Å². The van der Waals surface area contributed by atoms with E-state index >= 15 is 0 Å². The van der Waals surface area contributed by atoms with E-state index in [9.17, 15) is 0 Å². The van der Waals surface area contributed by atoms with Crippen molar-refractivity contribution in [2.45, 2.75) is 19.4 Å². The van der Waals surface area contributed by atoms with Crippen LogP contribution in [0.2, 0.25) is 0 Å². The summed E-state index contributed by atoms with van der Waals surface area (Å²) in [5.41, 5.74) is 0. The monoisotopic (exact) mass is 256 g/mol. The van der Waals surface area contributed by atoms with Crippen LogP contribution in [-0.4, -0.2) is 49.0 Å². The maximum Gasteiger partial charge on any atom is 0.205 e. The van der Waals surface area contributed by atoms with Gasteiger partial charge < -0.3 is 10.1 Å². The lowest BCUT2D eigenvalue weighted by molar-refractivity contribution is 0.0872. The molecule has 1 aromatic heterocycles. The summed E-state index contributed by atoms with van der Waals surface area (Å²) in [4.78, 5) is 2.45. The summed E-state index contributed by atoms with van der Waals surface area (Å²) in [5, 5.41) is 13.3. The number of rotatable bonds is 5. The molecular weight excluding hydrogens is 236 g/mol. The fourth-order valence-corrected chi connectivity index (χ4v) is 3.01. The molecule has 2 heterocycles. The van der Waals surface area contributed by atoms with Crippen LogP contribution in [0.5, 0.6) is 0 Å². The van der Waals surface area contributed by atoms with Gasteiger partial charge in [0.05, 0.1) is 13.2 Å². The van der Waals surface area contributed by atoms with E-state index in [2.05, 4.69) is 20.4 Å². The first-order valence-corrected chi connectivity index (χ1v) is 6.85. The first-order chi connectivity index (χ1) is 8.31. The highest BCUT2D eigenvalue weighted by Crippen LogP contribution is 2.21. The molecule has 1 saturated heterocycles. The summed E-state index contributed by atoms with van der Waals surface area (Å²) in [5.74, 6) is 0.672. The molecule has 1 aromatic rings. The Morgan fingerprint density at radius 3 is 3.12 bits per heavy atom. The number of nitrogens with one attached hydrogen (secondary N) is 1. The Labute approximate surface area is 106 Å². The first kappa shape index (κ1) is 12.7. The lowest BCUT2D eigenvalue weighted by Gasteiger charge is -2.31. The number of piperidine rings is 1. The van der Waals surface area contributed by atoms with Crippen LogP contribution in [0.3, 0.4) is 0 Å². The van der Waals surface area contributed by atoms with Gasteiger partial charge in [0.2, 0.25) is 5.13 Å². The molecule has 0 saturated carbocycles. The molecule has 1 N–H and O–H groups in total. The van der Waals surface area contributed by atoms with Gasteiger partial charge in [0.15, 0.2) is 0 Å². The van der Waals surface area contributed by atoms with Gasteiger partial charge in [0.1, 0.15) is 5.01 Å². The number of nitrogens with zero attached hydrogens (tertiary/aromatic N) is 3. The molecule has 6 heteroatoms. The molecule has 0 bridgehead atoms. The van der Waals surface area contributed by atoms with Gasteiger partial charge in [0.25, 0.3) is 0 Å². The third-order valence-corrected chi connectivity index (χ3v) is 3.97. The molecule has 5 nitrogen and oxygen atoms in total. The molecule has 17 heavy (non-hydrogen) atoms. The maximum atomic E-state index is 5.24. The van der Waals surface area contributed by atoms with Crippen LogP contribution in [0.15, 0.2) is 0 Å². The Bertz CT molecular complexity index is 342. The fourth-order valence-electron chi connectivity index (χ4n) is 2.28. The van der Waals surface area contributed by atoms with Crippen molar-refractivity contribution in [3.05, 3.63) is 5.01 Å². The molecule has 1 aliphatic rings. The molecule has 2 rings (SSSR count). The van der Waals surface area contributed by atoms with Gasteiger partial charge in [-0.3, -0.25) is 4.90 Å². The highest BCUT2D eigenvalue weighted by Gasteiger charge is 2.20. The highest BCUT2D eigenvalue weighted by atomic mass is 32.1. The molecule has 96 valence electrons. The van der Waals surface area contributed by atoms with Crippen molar-refractivity contribution in [2.75, 3.05) is 39.2 Å². The Morgan fingerprint density at radius 1 is 1.53 bits per heavy atom. The van der Waals surface area contributed by atoms with Crippen molar-refractivity contribution in [1.82, 2.24) is 15.1 Å². The van der Waals surface area contributed by atoms with E-state index in [0.29, 0.717) is 5.92 Å². The quantitative estimate of drug-likeness (QED) is 0.864. The standard InChI is InChI=1S/C11H20N4OS/c1-12-11-14-13-10(17-11)7-15-5-3-4-9(6-15)8-16-2/h9H,3-8H2,1-2H3,(H,12,14). The largest absolute Gasteiger partial charge is 0.384 e. The number of ether oxygens (including phenoxy) is 1. The average molecular weight is 256 g/mol. The van der Waals surface area contributed by atoms with Gasteiger partial charge >= 0.3 is 0 Å². The van der Waals surface area contributed by atoms with Crippen LogP contribution < -0.4 is 5.32 Å².